The average molecular weight is 369 g/mol. The van der Waals surface area contributed by atoms with Crippen LogP contribution in [-0.2, 0) is 14.3 Å². The minimum atomic E-state index is -0.281. The smallest absolute Gasteiger partial charge is 0.333 e. The molecule has 5 nitrogen and oxygen atoms in total. The molecule has 2 N–H and O–H groups in total. The molecule has 1 heterocycles. The summed E-state index contributed by atoms with van der Waals surface area (Å²) >= 11 is 1.75. The van der Waals surface area contributed by atoms with Crippen LogP contribution in [0, 0.1) is 0 Å². The third-order valence-corrected chi connectivity index (χ3v) is 5.02. The fraction of sp³-hybridized carbons (Fsp3) is 0.684. The molecular weight excluding hydrogens is 336 g/mol. The van der Waals surface area contributed by atoms with E-state index in [4.69, 9.17) is 4.74 Å². The zero-order valence-electron chi connectivity index (χ0n) is 15.4. The van der Waals surface area contributed by atoms with Crippen molar-refractivity contribution in [1.29, 1.82) is 0 Å². The summed E-state index contributed by atoms with van der Waals surface area (Å²) < 4.78 is 5.06. The van der Waals surface area contributed by atoms with Crippen LogP contribution in [0.3, 0.4) is 0 Å². The molecule has 1 rings (SSSR count). The number of esters is 1. The number of amides is 1. The molecule has 25 heavy (non-hydrogen) atoms. The standard InChI is InChI=1S/C19H32N2O3S/c1-16(2)18(23)24-14-10-8-6-4-3-5-7-9-11-15-25-19-20-13-12-17(22)21-19/h12-13,19-20H,1,3-11,14-15H2,2H3,(H,21,22). The van der Waals surface area contributed by atoms with Crippen LogP contribution in [0.2, 0.25) is 0 Å². The highest BCUT2D eigenvalue weighted by Crippen LogP contribution is 2.14. The van der Waals surface area contributed by atoms with Gasteiger partial charge in [0.1, 0.15) is 5.50 Å². The summed E-state index contributed by atoms with van der Waals surface area (Å²) in [5.74, 6) is 0.760. The zero-order valence-corrected chi connectivity index (χ0v) is 16.2. The monoisotopic (exact) mass is 368 g/mol. The first-order valence-corrected chi connectivity index (χ1v) is 10.3. The van der Waals surface area contributed by atoms with Crippen LogP contribution in [0.15, 0.2) is 24.4 Å². The quantitative estimate of drug-likeness (QED) is 0.277. The van der Waals surface area contributed by atoms with Crippen molar-refractivity contribution in [2.24, 2.45) is 0 Å². The molecule has 1 aliphatic heterocycles. The van der Waals surface area contributed by atoms with E-state index in [1.54, 1.807) is 24.9 Å². The minimum absolute atomic E-state index is 0.0205. The van der Waals surface area contributed by atoms with E-state index >= 15 is 0 Å². The Kier molecular flexibility index (Phi) is 11.9. The molecule has 1 amide bonds. The Morgan fingerprint density at radius 1 is 1.12 bits per heavy atom. The summed E-state index contributed by atoms with van der Waals surface area (Å²) in [6.07, 6.45) is 14.0. The van der Waals surface area contributed by atoms with Crippen molar-refractivity contribution in [3.05, 3.63) is 24.4 Å². The van der Waals surface area contributed by atoms with Crippen LogP contribution in [0.25, 0.3) is 0 Å². The number of unbranched alkanes of at least 4 members (excludes halogenated alkanes) is 8. The first-order chi connectivity index (χ1) is 12.1. The van der Waals surface area contributed by atoms with Gasteiger partial charge in [-0.15, -0.1) is 11.8 Å². The molecule has 0 radical (unpaired) electrons. The molecule has 1 unspecified atom stereocenters. The molecule has 0 aliphatic carbocycles. The molecule has 6 heteroatoms. The van der Waals surface area contributed by atoms with Gasteiger partial charge in [-0.2, -0.15) is 0 Å². The highest BCUT2D eigenvalue weighted by Gasteiger charge is 2.12. The number of ether oxygens (including phenoxy) is 1. The Labute approximate surface area is 156 Å². The Hall–Kier alpha value is -1.43. The van der Waals surface area contributed by atoms with Gasteiger partial charge in [0.25, 0.3) is 0 Å². The number of hydrogen-bond donors (Lipinski definition) is 2. The molecule has 0 aromatic carbocycles. The Balaban J connectivity index is 1.77. The van der Waals surface area contributed by atoms with E-state index < -0.39 is 0 Å². The Morgan fingerprint density at radius 2 is 1.72 bits per heavy atom. The largest absolute Gasteiger partial charge is 0.462 e. The highest BCUT2D eigenvalue weighted by atomic mass is 32.2. The van der Waals surface area contributed by atoms with Crippen molar-refractivity contribution in [2.75, 3.05) is 12.4 Å². The lowest BCUT2D eigenvalue weighted by Gasteiger charge is -2.20. The molecule has 0 bridgehead atoms. The molecule has 0 saturated carbocycles. The lowest BCUT2D eigenvalue weighted by Crippen LogP contribution is -2.43. The molecule has 0 spiro atoms. The van der Waals surface area contributed by atoms with Crippen molar-refractivity contribution < 1.29 is 14.3 Å². The number of carbonyl (C=O) groups is 2. The van der Waals surface area contributed by atoms with Crippen molar-refractivity contribution >= 4 is 23.6 Å². The molecular formula is C19H32N2O3S. The molecule has 0 aromatic rings. The molecule has 0 aromatic heterocycles. The summed E-state index contributed by atoms with van der Waals surface area (Å²) in [4.78, 5) is 22.4. The first kappa shape index (κ1) is 21.6. The van der Waals surface area contributed by atoms with Gasteiger partial charge in [-0.25, -0.2) is 4.79 Å². The first-order valence-electron chi connectivity index (χ1n) is 9.27. The number of rotatable bonds is 14. The van der Waals surface area contributed by atoms with E-state index in [9.17, 15) is 9.59 Å². The third-order valence-electron chi connectivity index (χ3n) is 3.91. The number of nitrogens with one attached hydrogen (secondary N) is 2. The van der Waals surface area contributed by atoms with Gasteiger partial charge in [0.05, 0.1) is 6.61 Å². The fourth-order valence-electron chi connectivity index (χ4n) is 2.45. The van der Waals surface area contributed by atoms with Crippen molar-refractivity contribution in [2.45, 2.75) is 70.2 Å². The lowest BCUT2D eigenvalue weighted by atomic mass is 10.1. The van der Waals surface area contributed by atoms with Crippen LogP contribution in [0.4, 0.5) is 0 Å². The van der Waals surface area contributed by atoms with E-state index in [0.29, 0.717) is 12.2 Å². The summed E-state index contributed by atoms with van der Waals surface area (Å²) in [6, 6.07) is 0. The van der Waals surface area contributed by atoms with Gasteiger partial charge < -0.3 is 15.4 Å². The maximum atomic E-state index is 11.2. The number of thioether (sulfide) groups is 1. The summed E-state index contributed by atoms with van der Waals surface area (Å²) in [5, 5.41) is 5.98. The number of hydrogen-bond acceptors (Lipinski definition) is 5. The maximum absolute atomic E-state index is 11.2. The summed E-state index contributed by atoms with van der Waals surface area (Å²) in [7, 11) is 0. The lowest BCUT2D eigenvalue weighted by molar-refractivity contribution is -0.139. The van der Waals surface area contributed by atoms with Gasteiger partial charge in [0.15, 0.2) is 0 Å². The fourth-order valence-corrected chi connectivity index (χ4v) is 3.43. The maximum Gasteiger partial charge on any atom is 0.333 e. The van der Waals surface area contributed by atoms with Crippen LogP contribution in [-0.4, -0.2) is 29.7 Å². The van der Waals surface area contributed by atoms with E-state index in [0.717, 1.165) is 18.6 Å². The van der Waals surface area contributed by atoms with E-state index in [1.807, 2.05) is 0 Å². The van der Waals surface area contributed by atoms with Gasteiger partial charge >= 0.3 is 5.97 Å². The van der Waals surface area contributed by atoms with Crippen molar-refractivity contribution in [3.63, 3.8) is 0 Å². The van der Waals surface area contributed by atoms with Gasteiger partial charge in [0.2, 0.25) is 5.91 Å². The topological polar surface area (TPSA) is 67.4 Å². The van der Waals surface area contributed by atoms with Crippen LogP contribution in [0.1, 0.15) is 64.7 Å². The zero-order chi connectivity index (χ0) is 18.3. The van der Waals surface area contributed by atoms with Gasteiger partial charge in [-0.3, -0.25) is 4.79 Å². The molecule has 0 saturated heterocycles. The summed E-state index contributed by atoms with van der Waals surface area (Å²) in [6.45, 7) is 5.74. The summed E-state index contributed by atoms with van der Waals surface area (Å²) in [5.41, 5.74) is 0.488. The number of carbonyl (C=O) groups excluding carboxylic acids is 2. The molecule has 1 aliphatic rings. The second-order valence-electron chi connectivity index (χ2n) is 6.36. The highest BCUT2D eigenvalue weighted by molar-refractivity contribution is 7.99. The Morgan fingerprint density at radius 3 is 2.32 bits per heavy atom. The predicted octanol–water partition coefficient (Wildman–Crippen LogP) is 3.87. The average Bonchev–Trinajstić information content (AvgIpc) is 2.58. The van der Waals surface area contributed by atoms with E-state index in [2.05, 4.69) is 17.2 Å². The molecule has 0 fully saturated rings. The normalized spacial score (nSPS) is 16.2. The molecule has 1 atom stereocenters. The Bertz CT molecular complexity index is 452. The van der Waals surface area contributed by atoms with Crippen LogP contribution < -0.4 is 10.6 Å². The van der Waals surface area contributed by atoms with Gasteiger partial charge in [-0.05, 0) is 25.5 Å². The van der Waals surface area contributed by atoms with Crippen LogP contribution >= 0.6 is 11.8 Å². The predicted molar refractivity (Wildman–Crippen MR) is 104 cm³/mol. The minimum Gasteiger partial charge on any atom is -0.462 e. The second-order valence-corrected chi connectivity index (χ2v) is 7.57. The van der Waals surface area contributed by atoms with E-state index in [-0.39, 0.29) is 17.4 Å². The molecule has 142 valence electrons. The third kappa shape index (κ3) is 11.7. The van der Waals surface area contributed by atoms with Crippen LogP contribution in [0.5, 0.6) is 0 Å². The second kappa shape index (κ2) is 13.8. The van der Waals surface area contributed by atoms with Crippen molar-refractivity contribution in [1.82, 2.24) is 10.6 Å². The van der Waals surface area contributed by atoms with Gasteiger partial charge in [-0.1, -0.05) is 51.5 Å². The van der Waals surface area contributed by atoms with Crippen molar-refractivity contribution in [3.8, 4) is 0 Å². The van der Waals surface area contributed by atoms with E-state index in [1.165, 1.54) is 51.0 Å². The van der Waals surface area contributed by atoms with Gasteiger partial charge in [0, 0.05) is 17.8 Å². The SMILES string of the molecule is C=C(C)C(=O)OCCCCCCCCCCCSC1NC=CC(=O)N1.